The molecule has 5 heteroatoms. The SMILES string of the molecule is NCc1ccccc1NC(=O)COc1ccc(F)cc1. The Bertz CT molecular complexity index is 585. The number of hydrogen-bond acceptors (Lipinski definition) is 3. The monoisotopic (exact) mass is 274 g/mol. The van der Waals surface area contributed by atoms with E-state index in [0.29, 0.717) is 18.0 Å². The van der Waals surface area contributed by atoms with E-state index in [9.17, 15) is 9.18 Å². The Kier molecular flexibility index (Phi) is 4.68. The first kappa shape index (κ1) is 14.0. The molecule has 2 rings (SSSR count). The first-order chi connectivity index (χ1) is 9.69. The van der Waals surface area contributed by atoms with E-state index in [-0.39, 0.29) is 18.3 Å². The smallest absolute Gasteiger partial charge is 0.262 e. The number of halogens is 1. The van der Waals surface area contributed by atoms with Gasteiger partial charge in [-0.25, -0.2) is 4.39 Å². The number of ether oxygens (including phenoxy) is 1. The fourth-order valence-corrected chi connectivity index (χ4v) is 1.69. The Hall–Kier alpha value is -2.40. The van der Waals surface area contributed by atoms with Gasteiger partial charge in [0.15, 0.2) is 6.61 Å². The van der Waals surface area contributed by atoms with Crippen LogP contribution >= 0.6 is 0 Å². The van der Waals surface area contributed by atoms with Crippen molar-refractivity contribution in [1.82, 2.24) is 0 Å². The molecule has 0 spiro atoms. The van der Waals surface area contributed by atoms with Crippen molar-refractivity contribution in [3.8, 4) is 5.75 Å². The van der Waals surface area contributed by atoms with Crippen molar-refractivity contribution in [2.75, 3.05) is 11.9 Å². The molecule has 0 saturated carbocycles. The van der Waals surface area contributed by atoms with Crippen molar-refractivity contribution in [3.05, 3.63) is 59.9 Å². The summed E-state index contributed by atoms with van der Waals surface area (Å²) in [5.74, 6) is -0.206. The topological polar surface area (TPSA) is 64.3 Å². The summed E-state index contributed by atoms with van der Waals surface area (Å²) in [4.78, 5) is 11.8. The van der Waals surface area contributed by atoms with E-state index in [2.05, 4.69) is 5.32 Å². The largest absolute Gasteiger partial charge is 0.484 e. The molecule has 0 radical (unpaired) electrons. The summed E-state index contributed by atoms with van der Waals surface area (Å²) in [6.07, 6.45) is 0. The second-order valence-corrected chi connectivity index (χ2v) is 4.15. The third kappa shape index (κ3) is 3.80. The number of para-hydroxylation sites is 1. The highest BCUT2D eigenvalue weighted by Gasteiger charge is 2.06. The second kappa shape index (κ2) is 6.68. The van der Waals surface area contributed by atoms with E-state index >= 15 is 0 Å². The molecule has 20 heavy (non-hydrogen) atoms. The predicted molar refractivity (Wildman–Crippen MR) is 74.9 cm³/mol. The number of amides is 1. The lowest BCUT2D eigenvalue weighted by molar-refractivity contribution is -0.118. The van der Waals surface area contributed by atoms with Crippen molar-refractivity contribution in [2.45, 2.75) is 6.54 Å². The summed E-state index contributed by atoms with van der Waals surface area (Å²) in [5, 5.41) is 2.73. The number of nitrogens with one attached hydrogen (secondary N) is 1. The minimum absolute atomic E-state index is 0.148. The number of anilines is 1. The fourth-order valence-electron chi connectivity index (χ4n) is 1.69. The first-order valence-electron chi connectivity index (χ1n) is 6.15. The second-order valence-electron chi connectivity index (χ2n) is 4.15. The van der Waals surface area contributed by atoms with Crippen LogP contribution in [0.2, 0.25) is 0 Å². The Morgan fingerprint density at radius 1 is 1.15 bits per heavy atom. The zero-order valence-corrected chi connectivity index (χ0v) is 10.8. The van der Waals surface area contributed by atoms with Gasteiger partial charge < -0.3 is 15.8 Å². The number of hydrogen-bond donors (Lipinski definition) is 2. The molecule has 1 amide bonds. The molecular weight excluding hydrogens is 259 g/mol. The van der Waals surface area contributed by atoms with Crippen molar-refractivity contribution < 1.29 is 13.9 Å². The average Bonchev–Trinajstić information content (AvgIpc) is 2.47. The van der Waals surface area contributed by atoms with Gasteiger partial charge in [-0.2, -0.15) is 0 Å². The normalized spacial score (nSPS) is 10.1. The van der Waals surface area contributed by atoms with Gasteiger partial charge in [0.05, 0.1) is 0 Å². The van der Waals surface area contributed by atoms with Gasteiger partial charge in [-0.05, 0) is 35.9 Å². The molecule has 0 saturated heterocycles. The molecule has 0 fully saturated rings. The summed E-state index contributed by atoms with van der Waals surface area (Å²) in [5.41, 5.74) is 7.11. The molecule has 0 unspecified atom stereocenters. The Labute approximate surface area is 116 Å². The maximum absolute atomic E-state index is 12.7. The van der Waals surface area contributed by atoms with Crippen molar-refractivity contribution in [2.24, 2.45) is 5.73 Å². The van der Waals surface area contributed by atoms with E-state index in [4.69, 9.17) is 10.5 Å². The van der Waals surface area contributed by atoms with Crippen LogP contribution in [-0.2, 0) is 11.3 Å². The van der Waals surface area contributed by atoms with Crippen LogP contribution in [-0.4, -0.2) is 12.5 Å². The van der Waals surface area contributed by atoms with Gasteiger partial charge in [-0.1, -0.05) is 18.2 Å². The van der Waals surface area contributed by atoms with Crippen molar-refractivity contribution in [1.29, 1.82) is 0 Å². The minimum Gasteiger partial charge on any atom is -0.484 e. The summed E-state index contributed by atoms with van der Waals surface area (Å²) in [7, 11) is 0. The van der Waals surface area contributed by atoms with Gasteiger partial charge in [0.2, 0.25) is 0 Å². The standard InChI is InChI=1S/C15H15FN2O2/c16-12-5-7-13(8-6-12)20-10-15(19)18-14-4-2-1-3-11(14)9-17/h1-8H,9-10,17H2,(H,18,19). The van der Waals surface area contributed by atoms with Crippen LogP contribution < -0.4 is 15.8 Å². The van der Waals surface area contributed by atoms with Gasteiger partial charge in [-0.15, -0.1) is 0 Å². The molecule has 0 bridgehead atoms. The zero-order valence-electron chi connectivity index (χ0n) is 10.8. The number of nitrogens with two attached hydrogens (primary N) is 1. The molecular formula is C15H15FN2O2. The van der Waals surface area contributed by atoms with Gasteiger partial charge in [0, 0.05) is 12.2 Å². The van der Waals surface area contributed by atoms with Crippen molar-refractivity contribution in [3.63, 3.8) is 0 Å². The lowest BCUT2D eigenvalue weighted by Gasteiger charge is -2.10. The predicted octanol–water partition coefficient (Wildman–Crippen LogP) is 2.30. The molecule has 0 atom stereocenters. The molecule has 3 N–H and O–H groups in total. The highest BCUT2D eigenvalue weighted by molar-refractivity contribution is 5.92. The number of carbonyl (C=O) groups excluding carboxylic acids is 1. The first-order valence-corrected chi connectivity index (χ1v) is 6.15. The third-order valence-electron chi connectivity index (χ3n) is 2.69. The molecule has 4 nitrogen and oxygen atoms in total. The minimum atomic E-state index is -0.348. The van der Waals surface area contributed by atoms with E-state index in [1.165, 1.54) is 24.3 Å². The Morgan fingerprint density at radius 2 is 1.85 bits per heavy atom. The van der Waals surface area contributed by atoms with Crippen LogP contribution in [0.1, 0.15) is 5.56 Å². The summed E-state index contributed by atoms with van der Waals surface area (Å²) >= 11 is 0. The van der Waals surface area contributed by atoms with Crippen LogP contribution in [0.5, 0.6) is 5.75 Å². The average molecular weight is 274 g/mol. The van der Waals surface area contributed by atoms with Crippen LogP contribution in [0.4, 0.5) is 10.1 Å². The van der Waals surface area contributed by atoms with Crippen molar-refractivity contribution >= 4 is 11.6 Å². The molecule has 0 aliphatic heterocycles. The quantitative estimate of drug-likeness (QED) is 0.879. The molecule has 0 aliphatic carbocycles. The summed E-state index contributed by atoms with van der Waals surface area (Å²) in [6, 6.07) is 12.8. The molecule has 104 valence electrons. The van der Waals surface area contributed by atoms with Gasteiger partial charge >= 0.3 is 0 Å². The van der Waals surface area contributed by atoms with Gasteiger partial charge in [0.1, 0.15) is 11.6 Å². The van der Waals surface area contributed by atoms with Crippen LogP contribution in [0, 0.1) is 5.82 Å². The number of carbonyl (C=O) groups is 1. The molecule has 2 aromatic carbocycles. The van der Waals surface area contributed by atoms with E-state index < -0.39 is 0 Å². The Balaban J connectivity index is 1.91. The number of rotatable bonds is 5. The molecule has 0 heterocycles. The van der Waals surface area contributed by atoms with E-state index in [1.54, 1.807) is 6.07 Å². The highest BCUT2D eigenvalue weighted by atomic mass is 19.1. The lowest BCUT2D eigenvalue weighted by Crippen LogP contribution is -2.21. The maximum Gasteiger partial charge on any atom is 0.262 e. The third-order valence-corrected chi connectivity index (χ3v) is 2.69. The molecule has 2 aromatic rings. The zero-order chi connectivity index (χ0) is 14.4. The van der Waals surface area contributed by atoms with Gasteiger partial charge in [-0.3, -0.25) is 4.79 Å². The number of benzene rings is 2. The summed E-state index contributed by atoms with van der Waals surface area (Å²) in [6.45, 7) is 0.194. The van der Waals surface area contributed by atoms with Crippen LogP contribution in [0.15, 0.2) is 48.5 Å². The van der Waals surface area contributed by atoms with Gasteiger partial charge in [0.25, 0.3) is 5.91 Å². The fraction of sp³-hybridized carbons (Fsp3) is 0.133. The van der Waals surface area contributed by atoms with E-state index in [1.807, 2.05) is 18.2 Å². The Morgan fingerprint density at radius 3 is 2.55 bits per heavy atom. The lowest BCUT2D eigenvalue weighted by atomic mass is 10.2. The maximum atomic E-state index is 12.7. The molecule has 0 aliphatic rings. The van der Waals surface area contributed by atoms with Crippen LogP contribution in [0.25, 0.3) is 0 Å². The van der Waals surface area contributed by atoms with E-state index in [0.717, 1.165) is 5.56 Å². The highest BCUT2D eigenvalue weighted by Crippen LogP contribution is 2.14. The summed E-state index contributed by atoms with van der Waals surface area (Å²) < 4.78 is 18.0. The van der Waals surface area contributed by atoms with Crippen LogP contribution in [0.3, 0.4) is 0 Å². The molecule has 0 aromatic heterocycles.